The van der Waals surface area contributed by atoms with Crippen LogP contribution in [-0.4, -0.2) is 9.13 Å². The van der Waals surface area contributed by atoms with E-state index < -0.39 is 29.0 Å². The van der Waals surface area contributed by atoms with Crippen molar-refractivity contribution in [3.05, 3.63) is 191 Å². The number of benzene rings is 8. The number of hydrogen-bond acceptors (Lipinski definition) is 5. The molecule has 0 atom stereocenters. The molecule has 0 aliphatic carbocycles. The molecule has 0 fully saturated rings. The Balaban J connectivity index is 1.32. The zero-order valence-electron chi connectivity index (χ0n) is 34.8. The van der Waals surface area contributed by atoms with Gasteiger partial charge in [0.2, 0.25) is 0 Å². The van der Waals surface area contributed by atoms with E-state index in [1.807, 2.05) is 75.9 Å². The first-order valence-electron chi connectivity index (χ1n) is 20.6. The monoisotopic (exact) mass is 897 g/mol. The maximum Gasteiger partial charge on any atom is 0.416 e. The molecular weight excluding hydrogens is 873 g/mol. The highest BCUT2D eigenvalue weighted by Crippen LogP contribution is 2.45. The standard InChI is InChI=1S/C55H25F6N7/c56-54(57,58)39-19-35(20-40(24-39)55(59,60)61)45-25-53(68-49-8-4-2-6-44(49)47-22-34(12-16-51(47)68)42-14-10-32(27-63)18-37(42)29-65)52(23-38(45)30-66)67-48-7-3-1-5-43(48)46-21-33(11-15-50(46)67)41-13-9-31(26-62)17-36(41)28-64/h1-25H. The normalized spacial score (nSPS) is 11.6. The Labute approximate surface area is 382 Å². The Morgan fingerprint density at radius 2 is 0.750 bits per heavy atom. The van der Waals surface area contributed by atoms with Gasteiger partial charge in [-0.3, -0.25) is 0 Å². The number of nitrogens with zero attached hydrogens (tertiary/aromatic N) is 7. The fourth-order valence-corrected chi connectivity index (χ4v) is 9.09. The fourth-order valence-electron chi connectivity index (χ4n) is 9.09. The highest BCUT2D eigenvalue weighted by molar-refractivity contribution is 6.13. The molecule has 0 radical (unpaired) electrons. The largest absolute Gasteiger partial charge is 0.416 e. The highest BCUT2D eigenvalue weighted by atomic mass is 19.4. The van der Waals surface area contributed by atoms with Crippen LogP contribution in [0.15, 0.2) is 152 Å². The third kappa shape index (κ3) is 6.90. The minimum Gasteiger partial charge on any atom is -0.307 e. The van der Waals surface area contributed by atoms with Crippen LogP contribution in [0.4, 0.5) is 26.3 Å². The van der Waals surface area contributed by atoms with Crippen LogP contribution in [0.5, 0.6) is 0 Å². The average Bonchev–Trinajstić information content (AvgIpc) is 3.86. The second kappa shape index (κ2) is 15.8. The first-order valence-corrected chi connectivity index (χ1v) is 20.6. The van der Waals surface area contributed by atoms with E-state index in [9.17, 15) is 52.7 Å². The van der Waals surface area contributed by atoms with Crippen molar-refractivity contribution in [2.75, 3.05) is 0 Å². The number of nitriles is 5. The molecule has 0 aliphatic heterocycles. The van der Waals surface area contributed by atoms with Crippen LogP contribution in [0.1, 0.15) is 38.9 Å². The Hall–Kier alpha value is -9.61. The minimum absolute atomic E-state index is 0.0464. The maximum atomic E-state index is 14.4. The van der Waals surface area contributed by atoms with Crippen molar-refractivity contribution >= 4 is 43.6 Å². The van der Waals surface area contributed by atoms with Crippen LogP contribution in [0.3, 0.4) is 0 Å². The Bertz CT molecular complexity index is 3990. The Kier molecular flexibility index (Phi) is 9.85. The summed E-state index contributed by atoms with van der Waals surface area (Å²) in [4.78, 5) is 0. The molecule has 0 amide bonds. The van der Waals surface area contributed by atoms with Gasteiger partial charge in [-0.15, -0.1) is 0 Å². The molecule has 0 saturated heterocycles. The summed E-state index contributed by atoms with van der Waals surface area (Å²) in [6.45, 7) is 0. The van der Waals surface area contributed by atoms with Gasteiger partial charge in [-0.25, -0.2) is 0 Å². The molecule has 2 heterocycles. The number of fused-ring (bicyclic) bond motifs is 6. The molecule has 0 N–H and O–H groups in total. The molecule has 2 aromatic heterocycles. The van der Waals surface area contributed by atoms with E-state index >= 15 is 0 Å². The van der Waals surface area contributed by atoms with Gasteiger partial charge in [0.25, 0.3) is 0 Å². The van der Waals surface area contributed by atoms with Gasteiger partial charge in [0.1, 0.15) is 0 Å². The van der Waals surface area contributed by atoms with Crippen LogP contribution in [0.25, 0.3) is 88.4 Å². The van der Waals surface area contributed by atoms with Crippen molar-refractivity contribution in [2.45, 2.75) is 12.4 Å². The lowest BCUT2D eigenvalue weighted by Crippen LogP contribution is -2.11. The SMILES string of the molecule is N#Cc1ccc(-c2ccc3c(c2)c2ccccc2n3-c2cc(C#N)c(-c3cc(C(F)(F)F)cc(C(F)(F)F)c3)cc2-n2c3ccccc3c3cc(-c4ccc(C#N)cc4C#N)ccc32)c(C#N)c1. The summed E-state index contributed by atoms with van der Waals surface area (Å²) >= 11 is 0. The van der Waals surface area contributed by atoms with Gasteiger partial charge in [-0.2, -0.15) is 52.7 Å². The molecular formula is C55H25F6N7. The second-order valence-corrected chi connectivity index (χ2v) is 15.9. The van der Waals surface area contributed by atoms with E-state index in [0.717, 1.165) is 16.2 Å². The van der Waals surface area contributed by atoms with E-state index in [1.165, 1.54) is 24.3 Å². The molecule has 10 aromatic rings. The third-order valence-electron chi connectivity index (χ3n) is 12.1. The van der Waals surface area contributed by atoms with Crippen molar-refractivity contribution in [2.24, 2.45) is 0 Å². The lowest BCUT2D eigenvalue weighted by Gasteiger charge is -2.20. The molecule has 10 rings (SSSR count). The first-order chi connectivity index (χ1) is 32.7. The summed E-state index contributed by atoms with van der Waals surface area (Å²) in [7, 11) is 0. The maximum absolute atomic E-state index is 14.4. The van der Waals surface area contributed by atoms with E-state index in [2.05, 4.69) is 24.3 Å². The number of alkyl halides is 6. The Morgan fingerprint density at radius 3 is 1.18 bits per heavy atom. The van der Waals surface area contributed by atoms with E-state index in [-0.39, 0.29) is 28.3 Å². The molecule has 0 spiro atoms. The molecule has 0 saturated carbocycles. The third-order valence-corrected chi connectivity index (χ3v) is 12.1. The number of aromatic nitrogens is 2. The van der Waals surface area contributed by atoms with Crippen LogP contribution in [-0.2, 0) is 12.4 Å². The minimum atomic E-state index is -5.16. The number of para-hydroxylation sites is 2. The molecule has 13 heteroatoms. The van der Waals surface area contributed by atoms with Crippen LogP contribution < -0.4 is 0 Å². The molecule has 322 valence electrons. The van der Waals surface area contributed by atoms with E-state index in [4.69, 9.17) is 0 Å². The van der Waals surface area contributed by atoms with Crippen molar-refractivity contribution in [1.29, 1.82) is 26.3 Å². The van der Waals surface area contributed by atoms with Gasteiger partial charge in [0, 0.05) is 27.1 Å². The lowest BCUT2D eigenvalue weighted by atomic mass is 9.94. The Morgan fingerprint density at radius 1 is 0.338 bits per heavy atom. The quantitative estimate of drug-likeness (QED) is 0.159. The van der Waals surface area contributed by atoms with Crippen molar-refractivity contribution in [3.63, 3.8) is 0 Å². The number of halogens is 6. The van der Waals surface area contributed by atoms with Crippen molar-refractivity contribution in [3.8, 4) is 75.1 Å². The molecule has 8 aromatic carbocycles. The van der Waals surface area contributed by atoms with Crippen LogP contribution >= 0.6 is 0 Å². The molecule has 0 bridgehead atoms. The summed E-state index contributed by atoms with van der Waals surface area (Å²) < 4.78 is 90.1. The lowest BCUT2D eigenvalue weighted by molar-refractivity contribution is -0.143. The predicted molar refractivity (Wildman–Crippen MR) is 245 cm³/mol. The van der Waals surface area contributed by atoms with Gasteiger partial charge < -0.3 is 9.13 Å². The van der Waals surface area contributed by atoms with Crippen molar-refractivity contribution in [1.82, 2.24) is 9.13 Å². The second-order valence-electron chi connectivity index (χ2n) is 15.9. The fraction of sp³-hybridized carbons (Fsp3) is 0.0364. The molecule has 7 nitrogen and oxygen atoms in total. The van der Waals surface area contributed by atoms with Gasteiger partial charge in [0.15, 0.2) is 0 Å². The van der Waals surface area contributed by atoms with Gasteiger partial charge >= 0.3 is 12.4 Å². The molecule has 68 heavy (non-hydrogen) atoms. The highest BCUT2D eigenvalue weighted by Gasteiger charge is 2.37. The molecule has 0 aliphatic rings. The number of hydrogen-bond donors (Lipinski definition) is 0. The zero-order valence-corrected chi connectivity index (χ0v) is 34.8. The summed E-state index contributed by atoms with van der Waals surface area (Å²) in [6.07, 6.45) is -10.3. The van der Waals surface area contributed by atoms with Crippen molar-refractivity contribution < 1.29 is 26.3 Å². The van der Waals surface area contributed by atoms with E-state index in [1.54, 1.807) is 48.5 Å². The number of rotatable bonds is 5. The smallest absolute Gasteiger partial charge is 0.307 e. The summed E-state index contributed by atoms with van der Waals surface area (Å²) in [6, 6.07) is 50.0. The first kappa shape index (κ1) is 42.3. The van der Waals surface area contributed by atoms with Gasteiger partial charge in [0.05, 0.1) is 103 Å². The summed E-state index contributed by atoms with van der Waals surface area (Å²) in [5.41, 5.74) is 2.75. The van der Waals surface area contributed by atoms with Crippen LogP contribution in [0.2, 0.25) is 0 Å². The van der Waals surface area contributed by atoms with E-state index in [0.29, 0.717) is 84.3 Å². The average molecular weight is 898 g/mol. The van der Waals surface area contributed by atoms with Gasteiger partial charge in [-0.05, 0) is 119 Å². The van der Waals surface area contributed by atoms with Crippen LogP contribution in [0, 0.1) is 56.7 Å². The summed E-state index contributed by atoms with van der Waals surface area (Å²) in [5.74, 6) is 0. The predicted octanol–water partition coefficient (Wildman–Crippen LogP) is 14.3. The summed E-state index contributed by atoms with van der Waals surface area (Å²) in [5, 5.41) is 52.8. The zero-order chi connectivity index (χ0) is 47.6. The molecule has 0 unspecified atom stereocenters. The topological polar surface area (TPSA) is 129 Å². The van der Waals surface area contributed by atoms with Gasteiger partial charge in [-0.1, -0.05) is 60.7 Å².